The summed E-state index contributed by atoms with van der Waals surface area (Å²) in [5.74, 6) is 0.00603. The van der Waals surface area contributed by atoms with Gasteiger partial charge in [-0.25, -0.2) is 0 Å². The zero-order chi connectivity index (χ0) is 45.9. The molecule has 0 unspecified atom stereocenters. The normalized spacial score (nSPS) is 12.0. The summed E-state index contributed by atoms with van der Waals surface area (Å²) in [4.78, 5) is 38.0. The van der Waals surface area contributed by atoms with E-state index >= 15 is 0 Å². The number of rotatable bonds is 52. The van der Waals surface area contributed by atoms with Gasteiger partial charge in [0.25, 0.3) is 0 Å². The number of carbonyl (C=O) groups excluding carboxylic acids is 3. The molecule has 0 aliphatic carbocycles. The topological polar surface area (TPSA) is 78.9 Å². The van der Waals surface area contributed by atoms with Gasteiger partial charge in [-0.1, -0.05) is 285 Å². The van der Waals surface area contributed by atoms with Crippen LogP contribution in [0.3, 0.4) is 0 Å². The summed E-state index contributed by atoms with van der Waals surface area (Å²) in [6.45, 7) is 9.05. The minimum Gasteiger partial charge on any atom is -0.462 e. The number of carbonyl (C=O) groups is 3. The highest BCUT2D eigenvalue weighted by atomic mass is 16.6. The van der Waals surface area contributed by atoms with Gasteiger partial charge in [0.15, 0.2) is 6.10 Å². The van der Waals surface area contributed by atoms with Crippen molar-refractivity contribution in [1.29, 1.82) is 0 Å². The standard InChI is InChI=1S/C57H110O6/c1-5-7-9-11-13-15-17-18-19-20-21-22-27-30-34-38-42-46-50-57(60)63-54(51-61-55(58)48-44-40-36-32-16-14-12-10-8-6-2)52-62-56(59)49-45-41-37-33-29-26-24-23-25-28-31-35-39-43-47-53(3)4/h53-54H,5-52H2,1-4H3/t54-/m0/s1. The molecule has 0 rings (SSSR count). The van der Waals surface area contributed by atoms with E-state index in [0.717, 1.165) is 63.7 Å². The van der Waals surface area contributed by atoms with Crippen molar-refractivity contribution >= 4 is 17.9 Å². The van der Waals surface area contributed by atoms with Gasteiger partial charge in [-0.05, 0) is 25.2 Å². The van der Waals surface area contributed by atoms with Crippen molar-refractivity contribution < 1.29 is 28.6 Å². The Balaban J connectivity index is 4.24. The molecule has 63 heavy (non-hydrogen) atoms. The zero-order valence-corrected chi connectivity index (χ0v) is 43.0. The number of hydrogen-bond donors (Lipinski definition) is 0. The van der Waals surface area contributed by atoms with Gasteiger partial charge in [0.05, 0.1) is 0 Å². The van der Waals surface area contributed by atoms with Crippen molar-refractivity contribution in [2.24, 2.45) is 5.92 Å². The van der Waals surface area contributed by atoms with Crippen LogP contribution in [0.1, 0.15) is 323 Å². The Morgan fingerprint density at radius 3 is 0.778 bits per heavy atom. The molecule has 1 atom stereocenters. The summed E-state index contributed by atoms with van der Waals surface area (Å²) in [5, 5.41) is 0. The highest BCUT2D eigenvalue weighted by Crippen LogP contribution is 2.18. The molecule has 0 aliphatic rings. The first-order chi connectivity index (χ1) is 30.9. The average molecular weight is 892 g/mol. The molecule has 0 saturated heterocycles. The van der Waals surface area contributed by atoms with Crippen molar-refractivity contribution in [3.05, 3.63) is 0 Å². The molecule has 6 nitrogen and oxygen atoms in total. The van der Waals surface area contributed by atoms with Gasteiger partial charge >= 0.3 is 17.9 Å². The van der Waals surface area contributed by atoms with Crippen LogP contribution < -0.4 is 0 Å². The van der Waals surface area contributed by atoms with Crippen LogP contribution in [-0.2, 0) is 28.6 Å². The van der Waals surface area contributed by atoms with Crippen LogP contribution in [0.25, 0.3) is 0 Å². The summed E-state index contributed by atoms with van der Waals surface area (Å²) < 4.78 is 16.9. The van der Waals surface area contributed by atoms with Crippen LogP contribution in [0.5, 0.6) is 0 Å². The monoisotopic (exact) mass is 891 g/mol. The van der Waals surface area contributed by atoms with E-state index in [0.29, 0.717) is 19.3 Å². The third-order valence-electron chi connectivity index (χ3n) is 13.0. The molecule has 0 aromatic heterocycles. The Hall–Kier alpha value is -1.59. The van der Waals surface area contributed by atoms with Crippen molar-refractivity contribution in [3.63, 3.8) is 0 Å². The molecule has 0 aromatic carbocycles. The van der Waals surface area contributed by atoms with Crippen LogP contribution in [0, 0.1) is 5.92 Å². The van der Waals surface area contributed by atoms with E-state index in [-0.39, 0.29) is 31.1 Å². The minimum atomic E-state index is -0.761. The smallest absolute Gasteiger partial charge is 0.306 e. The Bertz CT molecular complexity index is 949. The van der Waals surface area contributed by atoms with E-state index in [9.17, 15) is 14.4 Å². The molecule has 0 heterocycles. The lowest BCUT2D eigenvalue weighted by atomic mass is 10.0. The Morgan fingerprint density at radius 2 is 0.524 bits per heavy atom. The van der Waals surface area contributed by atoms with E-state index < -0.39 is 6.10 Å². The zero-order valence-electron chi connectivity index (χ0n) is 43.0. The van der Waals surface area contributed by atoms with Gasteiger partial charge in [0.2, 0.25) is 0 Å². The second kappa shape index (κ2) is 51.4. The first kappa shape index (κ1) is 61.4. The first-order valence-electron chi connectivity index (χ1n) is 28.4. The van der Waals surface area contributed by atoms with Gasteiger partial charge in [-0.2, -0.15) is 0 Å². The van der Waals surface area contributed by atoms with E-state index in [1.165, 1.54) is 218 Å². The van der Waals surface area contributed by atoms with Gasteiger partial charge in [-0.15, -0.1) is 0 Å². The summed E-state index contributed by atoms with van der Waals surface area (Å²) >= 11 is 0. The predicted molar refractivity (Wildman–Crippen MR) is 270 cm³/mol. The maximum absolute atomic E-state index is 12.8. The molecular weight excluding hydrogens is 781 g/mol. The van der Waals surface area contributed by atoms with Gasteiger partial charge < -0.3 is 14.2 Å². The van der Waals surface area contributed by atoms with Crippen LogP contribution >= 0.6 is 0 Å². The lowest BCUT2D eigenvalue weighted by Gasteiger charge is -2.18. The van der Waals surface area contributed by atoms with Gasteiger partial charge in [-0.3, -0.25) is 14.4 Å². The molecule has 0 amide bonds. The maximum atomic E-state index is 12.8. The van der Waals surface area contributed by atoms with Crippen molar-refractivity contribution in [2.75, 3.05) is 13.2 Å². The highest BCUT2D eigenvalue weighted by molar-refractivity contribution is 5.71. The molecule has 374 valence electrons. The fraction of sp³-hybridized carbons (Fsp3) is 0.947. The van der Waals surface area contributed by atoms with Crippen LogP contribution in [0.4, 0.5) is 0 Å². The maximum Gasteiger partial charge on any atom is 0.306 e. The highest BCUT2D eigenvalue weighted by Gasteiger charge is 2.19. The fourth-order valence-corrected chi connectivity index (χ4v) is 8.75. The number of unbranched alkanes of at least 4 members (excludes halogenated alkanes) is 39. The second-order valence-electron chi connectivity index (χ2n) is 20.1. The van der Waals surface area contributed by atoms with Crippen molar-refractivity contribution in [1.82, 2.24) is 0 Å². The third kappa shape index (κ3) is 51.3. The lowest BCUT2D eigenvalue weighted by molar-refractivity contribution is -0.167. The number of esters is 3. The summed E-state index contributed by atoms with van der Waals surface area (Å²) in [6.07, 6.45) is 55.2. The summed E-state index contributed by atoms with van der Waals surface area (Å²) in [5.41, 5.74) is 0. The van der Waals surface area contributed by atoms with Gasteiger partial charge in [0.1, 0.15) is 13.2 Å². The molecule has 0 N–H and O–H groups in total. The average Bonchev–Trinajstić information content (AvgIpc) is 3.27. The molecule has 0 aliphatic heterocycles. The molecule has 0 aromatic rings. The Morgan fingerprint density at radius 1 is 0.302 bits per heavy atom. The number of hydrogen-bond acceptors (Lipinski definition) is 6. The van der Waals surface area contributed by atoms with Crippen molar-refractivity contribution in [3.8, 4) is 0 Å². The minimum absolute atomic E-state index is 0.0621. The van der Waals surface area contributed by atoms with Crippen LogP contribution in [0.15, 0.2) is 0 Å². The molecule has 0 radical (unpaired) electrons. The Kier molecular flexibility index (Phi) is 50.1. The van der Waals surface area contributed by atoms with Crippen LogP contribution in [0.2, 0.25) is 0 Å². The summed E-state index contributed by atoms with van der Waals surface area (Å²) in [7, 11) is 0. The van der Waals surface area contributed by atoms with E-state index in [1.807, 2.05) is 0 Å². The van der Waals surface area contributed by atoms with E-state index in [4.69, 9.17) is 14.2 Å². The molecular formula is C57H110O6. The van der Waals surface area contributed by atoms with Crippen molar-refractivity contribution in [2.45, 2.75) is 329 Å². The molecule has 6 heteroatoms. The first-order valence-corrected chi connectivity index (χ1v) is 28.4. The van der Waals surface area contributed by atoms with E-state index in [2.05, 4.69) is 27.7 Å². The van der Waals surface area contributed by atoms with Gasteiger partial charge in [0, 0.05) is 19.3 Å². The molecule has 0 bridgehead atoms. The largest absolute Gasteiger partial charge is 0.462 e. The third-order valence-corrected chi connectivity index (χ3v) is 13.0. The Labute approximate surface area is 393 Å². The number of ether oxygens (including phenoxy) is 3. The second-order valence-corrected chi connectivity index (χ2v) is 20.1. The predicted octanol–water partition coefficient (Wildman–Crippen LogP) is 18.6. The lowest BCUT2D eigenvalue weighted by Crippen LogP contribution is -2.30. The summed E-state index contributed by atoms with van der Waals surface area (Å²) in [6, 6.07) is 0. The SMILES string of the molecule is CCCCCCCCCCCCCCCCCCCCC(=O)O[C@@H](COC(=O)CCCCCCCCCCCC)COC(=O)CCCCCCCCCCCCCCCCC(C)C. The molecule has 0 saturated carbocycles. The van der Waals surface area contributed by atoms with E-state index in [1.54, 1.807) is 0 Å². The quantitative estimate of drug-likeness (QED) is 0.0344. The molecule has 0 fully saturated rings. The fourth-order valence-electron chi connectivity index (χ4n) is 8.75. The van der Waals surface area contributed by atoms with Crippen LogP contribution in [-0.4, -0.2) is 37.2 Å². The molecule has 0 spiro atoms.